The van der Waals surface area contributed by atoms with Gasteiger partial charge in [-0.25, -0.2) is 0 Å². The number of benzene rings is 1. The molecular formula is C16H21BrN2O4. The van der Waals surface area contributed by atoms with Gasteiger partial charge in [0, 0.05) is 24.4 Å². The van der Waals surface area contributed by atoms with Crippen LogP contribution >= 0.6 is 15.9 Å². The van der Waals surface area contributed by atoms with Gasteiger partial charge >= 0.3 is 5.97 Å². The zero-order chi connectivity index (χ0) is 17.2. The fourth-order valence-electron chi connectivity index (χ4n) is 2.08. The average molecular weight is 385 g/mol. The molecule has 2 amide bonds. The van der Waals surface area contributed by atoms with Gasteiger partial charge in [0.1, 0.15) is 0 Å². The average Bonchev–Trinajstić information content (AvgIpc) is 2.46. The Kier molecular flexibility index (Phi) is 8.32. The molecule has 0 aliphatic carbocycles. The summed E-state index contributed by atoms with van der Waals surface area (Å²) in [4.78, 5) is 33.7. The maximum Gasteiger partial charge on any atom is 0.303 e. The highest BCUT2D eigenvalue weighted by Crippen LogP contribution is 2.19. The lowest BCUT2D eigenvalue weighted by atomic mass is 10.0. The number of hydrogen-bond donors (Lipinski definition) is 3. The van der Waals surface area contributed by atoms with E-state index < -0.39 is 5.97 Å². The smallest absolute Gasteiger partial charge is 0.303 e. The number of rotatable bonds is 9. The first kappa shape index (κ1) is 19.2. The molecule has 23 heavy (non-hydrogen) atoms. The molecule has 126 valence electrons. The van der Waals surface area contributed by atoms with Crippen LogP contribution in [0.5, 0.6) is 0 Å². The van der Waals surface area contributed by atoms with Gasteiger partial charge in [0.05, 0.1) is 12.5 Å². The minimum Gasteiger partial charge on any atom is -0.481 e. The van der Waals surface area contributed by atoms with E-state index in [4.69, 9.17) is 5.11 Å². The van der Waals surface area contributed by atoms with Crippen LogP contribution in [0, 0.1) is 0 Å². The van der Waals surface area contributed by atoms with Crippen molar-refractivity contribution in [3.63, 3.8) is 0 Å². The Morgan fingerprint density at radius 1 is 1.17 bits per heavy atom. The van der Waals surface area contributed by atoms with Crippen molar-refractivity contribution < 1.29 is 19.5 Å². The monoisotopic (exact) mass is 384 g/mol. The Labute approximate surface area is 143 Å². The molecule has 0 saturated carbocycles. The molecule has 0 bridgehead atoms. The number of nitrogens with one attached hydrogen (secondary N) is 2. The maximum absolute atomic E-state index is 12.0. The molecule has 0 radical (unpaired) electrons. The normalized spacial score (nSPS) is 11.6. The summed E-state index contributed by atoms with van der Waals surface area (Å²) in [6, 6.07) is 7.03. The minimum absolute atomic E-state index is 0.100. The molecule has 0 aliphatic rings. The van der Waals surface area contributed by atoms with Crippen LogP contribution in [0.15, 0.2) is 28.7 Å². The summed E-state index contributed by atoms with van der Waals surface area (Å²) in [6.45, 7) is 1.84. The number of carbonyl (C=O) groups is 3. The Hall–Kier alpha value is -1.89. The number of carboxylic acids is 1. The van der Waals surface area contributed by atoms with E-state index in [1.54, 1.807) is 0 Å². The van der Waals surface area contributed by atoms with E-state index in [1.807, 2.05) is 24.3 Å². The largest absolute Gasteiger partial charge is 0.481 e. The van der Waals surface area contributed by atoms with E-state index in [2.05, 4.69) is 26.6 Å². The zero-order valence-electron chi connectivity index (χ0n) is 13.0. The number of halogens is 1. The Bertz CT molecular complexity index is 546. The lowest BCUT2D eigenvalue weighted by molar-refractivity contribution is -0.137. The van der Waals surface area contributed by atoms with Crippen molar-refractivity contribution in [3.8, 4) is 0 Å². The van der Waals surface area contributed by atoms with Crippen LogP contribution in [0.2, 0.25) is 0 Å². The summed E-state index contributed by atoms with van der Waals surface area (Å²) in [5.74, 6) is -1.22. The van der Waals surface area contributed by atoms with E-state index >= 15 is 0 Å². The topological polar surface area (TPSA) is 95.5 Å². The third-order valence-electron chi connectivity index (χ3n) is 3.18. The molecule has 1 rings (SSSR count). The van der Waals surface area contributed by atoms with Crippen LogP contribution in [0.25, 0.3) is 0 Å². The van der Waals surface area contributed by atoms with Gasteiger partial charge < -0.3 is 15.7 Å². The van der Waals surface area contributed by atoms with Gasteiger partial charge in [-0.1, -0.05) is 28.1 Å². The highest BCUT2D eigenvalue weighted by atomic mass is 79.9. The van der Waals surface area contributed by atoms with Crippen molar-refractivity contribution in [2.75, 3.05) is 6.54 Å². The van der Waals surface area contributed by atoms with E-state index in [1.165, 1.54) is 6.92 Å². The quantitative estimate of drug-likeness (QED) is 0.569. The maximum atomic E-state index is 12.0. The van der Waals surface area contributed by atoms with Crippen LogP contribution in [-0.2, 0) is 14.4 Å². The van der Waals surface area contributed by atoms with Gasteiger partial charge in [-0.3, -0.25) is 14.4 Å². The Morgan fingerprint density at radius 3 is 2.39 bits per heavy atom. The SMILES string of the molecule is CC(=O)NC(CC(=O)NCCCCC(=O)O)c1ccc(Br)cc1. The Morgan fingerprint density at radius 2 is 1.83 bits per heavy atom. The lowest BCUT2D eigenvalue weighted by Gasteiger charge is -2.18. The molecule has 0 spiro atoms. The standard InChI is InChI=1S/C16H21BrN2O4/c1-11(20)19-14(12-5-7-13(17)8-6-12)10-15(21)18-9-3-2-4-16(22)23/h5-8,14H,2-4,9-10H2,1H3,(H,18,21)(H,19,20)(H,22,23). The van der Waals surface area contributed by atoms with Crippen LogP contribution in [0.1, 0.15) is 44.2 Å². The molecule has 3 N–H and O–H groups in total. The number of hydrogen-bond acceptors (Lipinski definition) is 3. The zero-order valence-corrected chi connectivity index (χ0v) is 14.6. The number of aliphatic carboxylic acids is 1. The fourth-order valence-corrected chi connectivity index (χ4v) is 2.34. The van der Waals surface area contributed by atoms with Crippen LogP contribution in [0.3, 0.4) is 0 Å². The third kappa shape index (κ3) is 8.35. The molecule has 0 aliphatic heterocycles. The molecule has 0 fully saturated rings. The van der Waals surface area contributed by atoms with Crippen molar-refractivity contribution in [3.05, 3.63) is 34.3 Å². The molecule has 0 heterocycles. The predicted molar refractivity (Wildman–Crippen MR) is 89.8 cm³/mol. The molecule has 7 heteroatoms. The van der Waals surface area contributed by atoms with Gasteiger partial charge in [0.25, 0.3) is 0 Å². The summed E-state index contributed by atoms with van der Waals surface area (Å²) >= 11 is 3.35. The molecule has 0 aromatic heterocycles. The highest BCUT2D eigenvalue weighted by Gasteiger charge is 2.16. The molecule has 1 aromatic rings. The van der Waals surface area contributed by atoms with Gasteiger partial charge in [-0.2, -0.15) is 0 Å². The second kappa shape index (κ2) is 9.99. The second-order valence-corrected chi connectivity index (χ2v) is 6.13. The number of carboxylic acid groups (broad SMARTS) is 1. The van der Waals surface area contributed by atoms with Crippen molar-refractivity contribution in [1.29, 1.82) is 0 Å². The molecular weight excluding hydrogens is 364 g/mol. The lowest BCUT2D eigenvalue weighted by Crippen LogP contribution is -2.33. The van der Waals surface area contributed by atoms with Crippen molar-refractivity contribution in [2.45, 2.75) is 38.6 Å². The number of amides is 2. The molecule has 1 aromatic carbocycles. The molecule has 1 unspecified atom stereocenters. The molecule has 6 nitrogen and oxygen atoms in total. The van der Waals surface area contributed by atoms with Crippen LogP contribution < -0.4 is 10.6 Å². The van der Waals surface area contributed by atoms with Gasteiger partial charge in [-0.05, 0) is 30.5 Å². The Balaban J connectivity index is 2.49. The first-order valence-corrected chi connectivity index (χ1v) is 8.19. The van der Waals surface area contributed by atoms with E-state index in [0.29, 0.717) is 19.4 Å². The van der Waals surface area contributed by atoms with Crippen LogP contribution in [0.4, 0.5) is 0 Å². The second-order valence-electron chi connectivity index (χ2n) is 5.21. The van der Waals surface area contributed by atoms with Crippen molar-refractivity contribution in [2.24, 2.45) is 0 Å². The third-order valence-corrected chi connectivity index (χ3v) is 3.71. The van der Waals surface area contributed by atoms with Gasteiger partial charge in [0.2, 0.25) is 11.8 Å². The van der Waals surface area contributed by atoms with Crippen molar-refractivity contribution in [1.82, 2.24) is 10.6 Å². The predicted octanol–water partition coefficient (Wildman–Crippen LogP) is 2.39. The minimum atomic E-state index is -0.836. The first-order valence-electron chi connectivity index (χ1n) is 7.39. The van der Waals surface area contributed by atoms with Crippen LogP contribution in [-0.4, -0.2) is 29.4 Å². The fraction of sp³-hybridized carbons (Fsp3) is 0.438. The van der Waals surface area contributed by atoms with E-state index in [0.717, 1.165) is 10.0 Å². The van der Waals surface area contributed by atoms with Gasteiger partial charge in [0.15, 0.2) is 0 Å². The molecule has 0 saturated heterocycles. The van der Waals surface area contributed by atoms with E-state index in [9.17, 15) is 14.4 Å². The summed E-state index contributed by atoms with van der Waals surface area (Å²) < 4.78 is 0.922. The number of carbonyl (C=O) groups excluding carboxylic acids is 2. The van der Waals surface area contributed by atoms with Crippen molar-refractivity contribution >= 4 is 33.7 Å². The molecule has 1 atom stereocenters. The highest BCUT2D eigenvalue weighted by molar-refractivity contribution is 9.10. The summed E-state index contributed by atoms with van der Waals surface area (Å²) in [5, 5.41) is 14.1. The summed E-state index contributed by atoms with van der Waals surface area (Å²) in [7, 11) is 0. The summed E-state index contributed by atoms with van der Waals surface area (Å²) in [5.41, 5.74) is 0.851. The number of unbranched alkanes of at least 4 members (excludes halogenated alkanes) is 1. The van der Waals surface area contributed by atoms with Gasteiger partial charge in [-0.15, -0.1) is 0 Å². The first-order chi connectivity index (χ1) is 10.9. The van der Waals surface area contributed by atoms with E-state index in [-0.39, 0.29) is 30.7 Å². The summed E-state index contributed by atoms with van der Waals surface area (Å²) in [6.07, 6.45) is 1.38.